The van der Waals surface area contributed by atoms with E-state index in [2.05, 4.69) is 39.9 Å². The summed E-state index contributed by atoms with van der Waals surface area (Å²) in [5.74, 6) is 0.844. The van der Waals surface area contributed by atoms with Gasteiger partial charge in [-0.15, -0.1) is 0 Å². The molecule has 2 rings (SSSR count). The second kappa shape index (κ2) is 5.19. The van der Waals surface area contributed by atoms with Crippen LogP contribution in [0.15, 0.2) is 22.7 Å². The number of hydrogen-bond acceptors (Lipinski definition) is 2. The lowest BCUT2D eigenvalue weighted by molar-refractivity contribution is 0.281. The van der Waals surface area contributed by atoms with Crippen molar-refractivity contribution >= 4 is 21.6 Å². The Balaban J connectivity index is 2.13. The molecule has 0 radical (unpaired) electrons. The maximum Gasteiger partial charge on any atom is 0.0692 e. The third-order valence-corrected chi connectivity index (χ3v) is 4.17. The lowest BCUT2D eigenvalue weighted by atomic mass is 10.1. The molecule has 1 aromatic carbocycles. The van der Waals surface area contributed by atoms with Crippen molar-refractivity contribution in [2.75, 3.05) is 18.0 Å². The smallest absolute Gasteiger partial charge is 0.0692 e. The van der Waals surface area contributed by atoms with E-state index in [1.807, 2.05) is 6.07 Å². The fraction of sp³-hybridized carbons (Fsp3) is 0.538. The van der Waals surface area contributed by atoms with Gasteiger partial charge in [-0.2, -0.15) is 0 Å². The molecule has 0 spiro atoms. The largest absolute Gasteiger partial charge is 0.392 e. The number of rotatable bonds is 3. The summed E-state index contributed by atoms with van der Waals surface area (Å²) in [7, 11) is 0. The molecule has 1 aliphatic heterocycles. The Hall–Kier alpha value is -0.540. The van der Waals surface area contributed by atoms with Crippen LogP contribution in [-0.2, 0) is 6.61 Å². The predicted molar refractivity (Wildman–Crippen MR) is 70.7 cm³/mol. The van der Waals surface area contributed by atoms with Crippen molar-refractivity contribution in [1.29, 1.82) is 0 Å². The normalized spacial score (nSPS) is 20.4. The second-order valence-corrected chi connectivity index (χ2v) is 5.30. The molecule has 3 heteroatoms. The van der Waals surface area contributed by atoms with Crippen LogP contribution in [0.3, 0.4) is 0 Å². The van der Waals surface area contributed by atoms with Crippen LogP contribution in [0, 0.1) is 5.92 Å². The van der Waals surface area contributed by atoms with Gasteiger partial charge in [-0.05, 0) is 30.0 Å². The van der Waals surface area contributed by atoms with E-state index in [1.165, 1.54) is 25.1 Å². The Morgan fingerprint density at radius 1 is 1.50 bits per heavy atom. The summed E-state index contributed by atoms with van der Waals surface area (Å²) in [6, 6.07) is 6.22. The predicted octanol–water partition coefficient (Wildman–Crippen LogP) is 3.18. The molecule has 1 fully saturated rings. The minimum Gasteiger partial charge on any atom is -0.392 e. The standard InChI is InChI=1S/C13H18BrNO/c1-2-10-5-6-15(8-10)12-4-3-11(9-16)13(14)7-12/h3-4,7,10,16H,2,5-6,8-9H2,1H3. The van der Waals surface area contributed by atoms with Gasteiger partial charge in [-0.1, -0.05) is 35.3 Å². The third kappa shape index (κ3) is 2.41. The molecule has 1 heterocycles. The zero-order chi connectivity index (χ0) is 11.5. The van der Waals surface area contributed by atoms with E-state index >= 15 is 0 Å². The number of benzene rings is 1. The Labute approximate surface area is 105 Å². The van der Waals surface area contributed by atoms with Crippen molar-refractivity contribution in [3.8, 4) is 0 Å². The minimum atomic E-state index is 0.0957. The molecule has 0 aliphatic carbocycles. The van der Waals surface area contributed by atoms with Crippen LogP contribution in [-0.4, -0.2) is 18.2 Å². The van der Waals surface area contributed by atoms with Crippen LogP contribution in [0.25, 0.3) is 0 Å². The zero-order valence-electron chi connectivity index (χ0n) is 9.62. The fourth-order valence-electron chi connectivity index (χ4n) is 2.26. The van der Waals surface area contributed by atoms with Gasteiger partial charge in [-0.25, -0.2) is 0 Å². The molecule has 0 saturated carbocycles. The van der Waals surface area contributed by atoms with Crippen molar-refractivity contribution in [1.82, 2.24) is 0 Å². The van der Waals surface area contributed by atoms with E-state index in [1.54, 1.807) is 0 Å². The van der Waals surface area contributed by atoms with E-state index in [4.69, 9.17) is 5.11 Å². The SMILES string of the molecule is CCC1CCN(c2ccc(CO)c(Br)c2)C1. The van der Waals surface area contributed by atoms with Gasteiger partial charge in [0.1, 0.15) is 0 Å². The van der Waals surface area contributed by atoms with Gasteiger partial charge in [0.2, 0.25) is 0 Å². The van der Waals surface area contributed by atoms with Crippen LogP contribution >= 0.6 is 15.9 Å². The van der Waals surface area contributed by atoms with Gasteiger partial charge in [0, 0.05) is 23.2 Å². The van der Waals surface area contributed by atoms with Gasteiger partial charge < -0.3 is 10.0 Å². The van der Waals surface area contributed by atoms with Gasteiger partial charge in [0.25, 0.3) is 0 Å². The second-order valence-electron chi connectivity index (χ2n) is 4.44. The van der Waals surface area contributed by atoms with E-state index in [0.29, 0.717) is 0 Å². The average Bonchev–Trinajstić information content (AvgIpc) is 2.77. The molecule has 2 nitrogen and oxygen atoms in total. The summed E-state index contributed by atoms with van der Waals surface area (Å²) in [6.45, 7) is 4.68. The average molecular weight is 284 g/mol. The van der Waals surface area contributed by atoms with Crippen LogP contribution in [0.4, 0.5) is 5.69 Å². The van der Waals surface area contributed by atoms with E-state index in [-0.39, 0.29) is 6.61 Å². The molecule has 1 N–H and O–H groups in total. The van der Waals surface area contributed by atoms with Crippen LogP contribution in [0.5, 0.6) is 0 Å². The first-order valence-electron chi connectivity index (χ1n) is 5.88. The molecule has 88 valence electrons. The summed E-state index contributed by atoms with van der Waals surface area (Å²) < 4.78 is 1.01. The Morgan fingerprint density at radius 3 is 2.88 bits per heavy atom. The van der Waals surface area contributed by atoms with Crippen molar-refractivity contribution in [3.05, 3.63) is 28.2 Å². The third-order valence-electron chi connectivity index (χ3n) is 3.44. The van der Waals surface area contributed by atoms with Crippen LogP contribution in [0.2, 0.25) is 0 Å². The number of aliphatic hydroxyl groups excluding tert-OH is 1. The lowest BCUT2D eigenvalue weighted by Gasteiger charge is -2.19. The fourth-order valence-corrected chi connectivity index (χ4v) is 2.75. The molecular formula is C13H18BrNO. The minimum absolute atomic E-state index is 0.0957. The molecule has 1 saturated heterocycles. The summed E-state index contributed by atoms with van der Waals surface area (Å²) >= 11 is 3.50. The maximum absolute atomic E-state index is 9.11. The number of nitrogens with zero attached hydrogens (tertiary/aromatic N) is 1. The number of halogens is 1. The summed E-state index contributed by atoms with van der Waals surface area (Å²) in [4.78, 5) is 2.43. The molecule has 1 aromatic rings. The van der Waals surface area contributed by atoms with Crippen molar-refractivity contribution in [2.24, 2.45) is 5.92 Å². The highest BCUT2D eigenvalue weighted by atomic mass is 79.9. The molecule has 16 heavy (non-hydrogen) atoms. The zero-order valence-corrected chi connectivity index (χ0v) is 11.2. The molecule has 1 unspecified atom stereocenters. The molecule has 0 aromatic heterocycles. The lowest BCUT2D eigenvalue weighted by Crippen LogP contribution is -2.19. The molecule has 0 bridgehead atoms. The molecule has 1 atom stereocenters. The Bertz CT molecular complexity index is 367. The summed E-state index contributed by atoms with van der Waals surface area (Å²) in [5, 5.41) is 9.11. The number of aliphatic hydroxyl groups is 1. The Kier molecular flexibility index (Phi) is 3.87. The first-order chi connectivity index (χ1) is 7.74. The van der Waals surface area contributed by atoms with E-state index in [9.17, 15) is 0 Å². The van der Waals surface area contributed by atoms with Gasteiger partial charge >= 0.3 is 0 Å². The monoisotopic (exact) mass is 283 g/mol. The highest BCUT2D eigenvalue weighted by Gasteiger charge is 2.21. The van der Waals surface area contributed by atoms with E-state index < -0.39 is 0 Å². The first kappa shape index (κ1) is 11.9. The van der Waals surface area contributed by atoms with Gasteiger partial charge in [0.15, 0.2) is 0 Å². The van der Waals surface area contributed by atoms with Crippen molar-refractivity contribution < 1.29 is 5.11 Å². The number of hydrogen-bond donors (Lipinski definition) is 1. The van der Waals surface area contributed by atoms with Crippen LogP contribution < -0.4 is 4.90 Å². The molecule has 1 aliphatic rings. The first-order valence-corrected chi connectivity index (χ1v) is 6.68. The highest BCUT2D eigenvalue weighted by Crippen LogP contribution is 2.29. The Morgan fingerprint density at radius 2 is 2.31 bits per heavy atom. The molecular weight excluding hydrogens is 266 g/mol. The molecule has 0 amide bonds. The quantitative estimate of drug-likeness (QED) is 0.921. The van der Waals surface area contributed by atoms with Crippen molar-refractivity contribution in [2.45, 2.75) is 26.4 Å². The van der Waals surface area contributed by atoms with E-state index in [0.717, 1.165) is 22.5 Å². The van der Waals surface area contributed by atoms with Gasteiger partial charge in [0.05, 0.1) is 6.61 Å². The van der Waals surface area contributed by atoms with Crippen molar-refractivity contribution in [3.63, 3.8) is 0 Å². The topological polar surface area (TPSA) is 23.5 Å². The summed E-state index contributed by atoms with van der Waals surface area (Å²) in [6.07, 6.45) is 2.57. The summed E-state index contributed by atoms with van der Waals surface area (Å²) in [5.41, 5.74) is 2.22. The number of anilines is 1. The van der Waals surface area contributed by atoms with Gasteiger partial charge in [-0.3, -0.25) is 0 Å². The van der Waals surface area contributed by atoms with Crippen LogP contribution in [0.1, 0.15) is 25.3 Å². The maximum atomic E-state index is 9.11. The highest BCUT2D eigenvalue weighted by molar-refractivity contribution is 9.10.